The molecule has 0 aromatic rings. The third-order valence-electron chi connectivity index (χ3n) is 22.0. The molecule has 7 atom stereocenters. The molecular formula is C83H165N9. The largest absolute Gasteiger partial charge is 0.372 e. The van der Waals surface area contributed by atoms with Crippen LogP contribution in [-0.4, -0.2) is 158 Å². The Balaban J connectivity index is 0.000000526. The van der Waals surface area contributed by atoms with Gasteiger partial charge in [-0.15, -0.1) is 0 Å². The quantitative estimate of drug-likeness (QED) is 0.150. The lowest BCUT2D eigenvalue weighted by molar-refractivity contribution is -0.0952. The molecule has 9 nitrogen and oxygen atoms in total. The second-order valence-corrected chi connectivity index (χ2v) is 34.1. The maximum atomic E-state index is 4.35. The molecule has 0 spiro atoms. The fourth-order valence-electron chi connectivity index (χ4n) is 15.9. The Bertz CT molecular complexity index is 1950. The summed E-state index contributed by atoms with van der Waals surface area (Å²) >= 11 is 0. The van der Waals surface area contributed by atoms with Gasteiger partial charge in [-0.1, -0.05) is 137 Å². The third-order valence-corrected chi connectivity index (χ3v) is 22.0. The van der Waals surface area contributed by atoms with Crippen LogP contribution in [0, 0.1) is 52.8 Å². The molecule has 0 N–H and O–H groups in total. The van der Waals surface area contributed by atoms with Crippen molar-refractivity contribution in [1.82, 2.24) is 39.7 Å². The van der Waals surface area contributed by atoms with Crippen molar-refractivity contribution in [2.45, 2.75) is 391 Å². The monoisotopic (exact) mass is 1290 g/mol. The van der Waals surface area contributed by atoms with E-state index >= 15 is 0 Å². The minimum atomic E-state index is 0.513. The molecule has 0 radical (unpaired) electrons. The van der Waals surface area contributed by atoms with Gasteiger partial charge in [0.25, 0.3) is 0 Å². The molecule has 8 rings (SSSR count). The molecule has 3 saturated heterocycles. The van der Waals surface area contributed by atoms with Crippen molar-refractivity contribution in [3.63, 3.8) is 0 Å². The highest BCUT2D eigenvalue weighted by atomic mass is 15.7. The standard InChI is InChI=1S/C12H25N.C12H22.C11H20.C10H22N2.2C10H19N.C9H20N2.C9H18N2/c1-9(2)11(5)12-7-6-8-13(12)10(3)4;1-9(2)11-7-6-8-12(11,5)10(3)4;1-8(2)10-6-5-7-11(10)9(3)4;1-9(2)11-7-5-6-8-12(11)10(3)4;3*1-8(2)10-6-5-7-11(10)9(3)4;1-7(2)9-5-6-10-11(9)8(3)4/h9-12H,6-8H2,1-5H3;10H,6-8H2,1-5H3;8,10H,5-7H2,1-4H3;9-10H,5-8H2,1-4H3;5,7-10H,6H2,1-4H3;5-6,8-10H,7H2,1-4H3;8-9H,5-7H2,1-4H3;6-9H,5H2,1-4H3/t11?,12-;12-;10-;;10-;;;9-/m000.0..0/s1. The van der Waals surface area contributed by atoms with Crippen LogP contribution >= 0.6 is 0 Å². The van der Waals surface area contributed by atoms with E-state index in [2.05, 4.69) is 305 Å². The van der Waals surface area contributed by atoms with E-state index in [1.54, 1.807) is 22.3 Å². The van der Waals surface area contributed by atoms with Crippen molar-refractivity contribution >= 4 is 6.21 Å². The maximum Gasteiger partial charge on any atom is 0.0546 e. The molecule has 92 heavy (non-hydrogen) atoms. The molecule has 0 amide bonds. The lowest BCUT2D eigenvalue weighted by atomic mass is 9.73. The summed E-state index contributed by atoms with van der Waals surface area (Å²) in [6.07, 6.45) is 28.8. The van der Waals surface area contributed by atoms with Crippen LogP contribution < -0.4 is 0 Å². The number of hydrazone groups is 1. The highest BCUT2D eigenvalue weighted by Gasteiger charge is 2.37. The molecule has 8 aliphatic rings. The highest BCUT2D eigenvalue weighted by molar-refractivity contribution is 5.60. The first-order chi connectivity index (χ1) is 42.8. The van der Waals surface area contributed by atoms with Gasteiger partial charge in [-0.05, 0) is 281 Å². The fraction of sp³-hybridized carbons (Fsp3) is 0.892. The summed E-state index contributed by atoms with van der Waals surface area (Å²) in [5, 5.41) is 16.5. The summed E-state index contributed by atoms with van der Waals surface area (Å²) in [5.41, 5.74) is 7.13. The maximum absolute atomic E-state index is 4.35. The van der Waals surface area contributed by atoms with Crippen LogP contribution in [0.3, 0.4) is 0 Å². The van der Waals surface area contributed by atoms with Gasteiger partial charge >= 0.3 is 0 Å². The molecule has 0 bridgehead atoms. The molecule has 5 fully saturated rings. The topological polar surface area (TPSA) is 38.3 Å². The summed E-state index contributed by atoms with van der Waals surface area (Å²) in [6.45, 7) is 85.4. The first kappa shape index (κ1) is 88.0. The molecule has 9 heteroatoms. The fourth-order valence-corrected chi connectivity index (χ4v) is 15.9. The molecule has 2 unspecified atom stereocenters. The smallest absolute Gasteiger partial charge is 0.0546 e. The van der Waals surface area contributed by atoms with Crippen LogP contribution in [0.15, 0.2) is 51.8 Å². The Morgan fingerprint density at radius 1 is 0.446 bits per heavy atom. The Morgan fingerprint density at radius 3 is 1.28 bits per heavy atom. The summed E-state index contributed by atoms with van der Waals surface area (Å²) < 4.78 is 0. The van der Waals surface area contributed by atoms with Gasteiger partial charge in [0.15, 0.2) is 0 Å². The van der Waals surface area contributed by atoms with Gasteiger partial charge in [0.2, 0.25) is 0 Å². The molecule has 2 aliphatic carbocycles. The number of allylic oxidation sites excluding steroid dienone is 4. The normalized spacial score (nSPS) is 25.2. The summed E-state index contributed by atoms with van der Waals surface area (Å²) in [4.78, 5) is 7.68. The van der Waals surface area contributed by atoms with E-state index in [0.29, 0.717) is 65.7 Å². The van der Waals surface area contributed by atoms with Gasteiger partial charge in [0.1, 0.15) is 0 Å². The predicted octanol–water partition coefficient (Wildman–Crippen LogP) is 22.0. The molecule has 2 saturated carbocycles. The van der Waals surface area contributed by atoms with Crippen molar-refractivity contribution in [2.75, 3.05) is 39.3 Å². The molecule has 0 aromatic heterocycles. The van der Waals surface area contributed by atoms with Crippen molar-refractivity contribution in [3.8, 4) is 0 Å². The van der Waals surface area contributed by atoms with E-state index < -0.39 is 0 Å². The van der Waals surface area contributed by atoms with Crippen molar-refractivity contribution in [3.05, 3.63) is 46.7 Å². The zero-order valence-corrected chi connectivity index (χ0v) is 68.4. The highest BCUT2D eigenvalue weighted by Crippen LogP contribution is 2.49. The first-order valence-corrected chi connectivity index (χ1v) is 39.1. The van der Waals surface area contributed by atoms with E-state index in [0.717, 1.165) is 72.5 Å². The van der Waals surface area contributed by atoms with Crippen LogP contribution in [0.2, 0.25) is 0 Å². The zero-order chi connectivity index (χ0) is 70.7. The lowest BCUT2D eigenvalue weighted by Crippen LogP contribution is -2.53. The predicted molar refractivity (Wildman–Crippen MR) is 413 cm³/mol. The van der Waals surface area contributed by atoms with Crippen LogP contribution in [-0.2, 0) is 0 Å². The van der Waals surface area contributed by atoms with Gasteiger partial charge in [0.05, 0.1) is 6.04 Å². The third kappa shape index (κ3) is 28.8. The number of hydrazine groups is 2. The summed E-state index contributed by atoms with van der Waals surface area (Å²) in [6, 6.07) is 8.16. The minimum Gasteiger partial charge on any atom is -0.372 e. The molecular weight excluding hydrogens is 1120 g/mol. The summed E-state index contributed by atoms with van der Waals surface area (Å²) in [7, 11) is 0. The zero-order valence-electron chi connectivity index (χ0n) is 68.4. The van der Waals surface area contributed by atoms with E-state index in [1.807, 2.05) is 6.21 Å². The van der Waals surface area contributed by atoms with Gasteiger partial charge in [-0.25, -0.2) is 20.0 Å². The Hall–Kier alpha value is -2.01. The molecule has 6 aliphatic heterocycles. The van der Waals surface area contributed by atoms with Crippen molar-refractivity contribution in [2.24, 2.45) is 57.9 Å². The van der Waals surface area contributed by atoms with Crippen LogP contribution in [0.25, 0.3) is 0 Å². The SMILES string of the molecule is CC(C)=C1CCC[C@@]1(C)C(C)C.CC(C)=C1CCC[C@H]1C(C)C.CC(C)C(C)[C@@H]1CCCN1C(C)C.CC(C)C1C=CCN1C(C)C.CC(C)N1CCCCN1C(C)C.CC(C)N1CCCN1C(C)C.CC(C)[C@@H]1CC=CN1C(C)C.CC(C)[C@@H]1CC=NN1C(C)C. The number of hydrogen-bond acceptors (Lipinski definition) is 9. The Morgan fingerprint density at radius 2 is 0.946 bits per heavy atom. The number of likely N-dealkylation sites (tertiary alicyclic amines) is 1. The average Bonchev–Trinajstić information content (AvgIpc) is 1.75. The molecule has 542 valence electrons. The number of nitrogens with zero attached hydrogens (tertiary/aromatic N) is 9. The summed E-state index contributed by atoms with van der Waals surface area (Å²) in [5.74, 6) is 6.45. The van der Waals surface area contributed by atoms with Gasteiger partial charge < -0.3 is 4.90 Å². The van der Waals surface area contributed by atoms with E-state index in [-0.39, 0.29) is 0 Å². The van der Waals surface area contributed by atoms with Crippen LogP contribution in [0.5, 0.6) is 0 Å². The Labute approximate surface area is 578 Å². The second-order valence-electron chi connectivity index (χ2n) is 34.1. The van der Waals surface area contributed by atoms with Gasteiger partial charge in [-0.2, -0.15) is 5.10 Å². The Kier molecular flexibility index (Phi) is 42.2. The van der Waals surface area contributed by atoms with Crippen molar-refractivity contribution < 1.29 is 0 Å². The molecule has 6 heterocycles. The lowest BCUT2D eigenvalue weighted by Gasteiger charge is -2.43. The van der Waals surface area contributed by atoms with E-state index in [9.17, 15) is 0 Å². The van der Waals surface area contributed by atoms with Crippen molar-refractivity contribution in [1.29, 1.82) is 0 Å². The van der Waals surface area contributed by atoms with E-state index in [1.165, 1.54) is 110 Å². The number of rotatable bonds is 15. The van der Waals surface area contributed by atoms with Gasteiger partial charge in [0, 0.05) is 112 Å². The van der Waals surface area contributed by atoms with Crippen LogP contribution in [0.1, 0.15) is 319 Å². The first-order valence-electron chi connectivity index (χ1n) is 39.1. The number of hydrogen-bond donors (Lipinski definition) is 0. The average molecular weight is 1290 g/mol. The molecule has 0 aromatic carbocycles. The van der Waals surface area contributed by atoms with E-state index in [4.69, 9.17) is 0 Å². The second kappa shape index (κ2) is 44.1. The minimum absolute atomic E-state index is 0.513. The van der Waals surface area contributed by atoms with Gasteiger partial charge in [-0.3, -0.25) is 14.8 Å². The van der Waals surface area contributed by atoms with Crippen LogP contribution in [0.4, 0.5) is 0 Å².